The van der Waals surface area contributed by atoms with E-state index in [2.05, 4.69) is 27.6 Å². The molecule has 0 unspecified atom stereocenters. The molecule has 0 radical (unpaired) electrons. The summed E-state index contributed by atoms with van der Waals surface area (Å²) in [6.07, 6.45) is 4.00. The molecule has 0 bridgehead atoms. The lowest BCUT2D eigenvalue weighted by Gasteiger charge is -2.37. The molecule has 2 rings (SSSR count). The first kappa shape index (κ1) is 17.1. The highest BCUT2D eigenvalue weighted by Gasteiger charge is 2.32. The number of rotatable bonds is 6. The molecule has 1 saturated heterocycles. The van der Waals surface area contributed by atoms with Gasteiger partial charge < -0.3 is 15.4 Å². The second-order valence-corrected chi connectivity index (χ2v) is 7.19. The molecule has 7 heteroatoms. The number of aliphatic imine (C=N–C) groups is 1. The Morgan fingerprint density at radius 1 is 1.45 bits per heavy atom. The van der Waals surface area contributed by atoms with Crippen LogP contribution in [0.1, 0.15) is 25.5 Å². The predicted octanol–water partition coefficient (Wildman–Crippen LogP) is 1.39. The lowest BCUT2D eigenvalue weighted by Crippen LogP contribution is -2.48. The fourth-order valence-corrected chi connectivity index (χ4v) is 3.88. The van der Waals surface area contributed by atoms with Gasteiger partial charge in [0.1, 0.15) is 0 Å². The molecule has 0 amide bonds. The van der Waals surface area contributed by atoms with Gasteiger partial charge in [-0.2, -0.15) is 16.9 Å². The summed E-state index contributed by atoms with van der Waals surface area (Å²) in [6.45, 7) is 5.57. The summed E-state index contributed by atoms with van der Waals surface area (Å²) in [5.74, 6) is 1.96. The topological polar surface area (TPSA) is 63.5 Å². The fraction of sp³-hybridized carbons (Fsp3) is 0.733. The summed E-state index contributed by atoms with van der Waals surface area (Å²) >= 11 is 2.03. The van der Waals surface area contributed by atoms with Crippen molar-refractivity contribution in [2.45, 2.75) is 31.1 Å². The minimum Gasteiger partial charge on any atom is -0.381 e. The van der Waals surface area contributed by atoms with Crippen LogP contribution < -0.4 is 10.6 Å². The summed E-state index contributed by atoms with van der Waals surface area (Å²) < 4.78 is 7.65. The van der Waals surface area contributed by atoms with E-state index in [0.29, 0.717) is 6.54 Å². The van der Waals surface area contributed by atoms with Crippen molar-refractivity contribution in [2.75, 3.05) is 32.6 Å². The van der Waals surface area contributed by atoms with Gasteiger partial charge in [0.2, 0.25) is 0 Å². The van der Waals surface area contributed by atoms with Crippen LogP contribution in [-0.4, -0.2) is 53.0 Å². The molecule has 0 spiro atoms. The van der Waals surface area contributed by atoms with Crippen LogP contribution in [-0.2, 0) is 18.3 Å². The van der Waals surface area contributed by atoms with E-state index in [-0.39, 0.29) is 4.75 Å². The number of guanidine groups is 1. The third-order valence-corrected chi connectivity index (χ3v) is 5.47. The van der Waals surface area contributed by atoms with Crippen LogP contribution in [0.4, 0.5) is 0 Å². The number of ether oxygens (including phenoxy) is 1. The first-order valence-electron chi connectivity index (χ1n) is 7.82. The van der Waals surface area contributed by atoms with E-state index in [0.717, 1.165) is 50.0 Å². The van der Waals surface area contributed by atoms with Crippen LogP contribution in [0.2, 0.25) is 0 Å². The van der Waals surface area contributed by atoms with E-state index in [9.17, 15) is 0 Å². The molecule has 124 valence electrons. The van der Waals surface area contributed by atoms with Gasteiger partial charge in [-0.1, -0.05) is 6.92 Å². The van der Waals surface area contributed by atoms with E-state index >= 15 is 0 Å². The summed E-state index contributed by atoms with van der Waals surface area (Å²) in [4.78, 5) is 4.32. The lowest BCUT2D eigenvalue weighted by molar-refractivity contribution is 0.0782. The molecule has 22 heavy (non-hydrogen) atoms. The van der Waals surface area contributed by atoms with Gasteiger partial charge in [-0.3, -0.25) is 9.67 Å². The Kier molecular flexibility index (Phi) is 6.57. The molecule has 1 aromatic rings. The van der Waals surface area contributed by atoms with Crippen molar-refractivity contribution in [1.29, 1.82) is 0 Å². The SMILES string of the molecule is CCSC1(CNC(=NC)NCc2ccnn2C)CCOCC1. The van der Waals surface area contributed by atoms with Gasteiger partial charge in [-0.15, -0.1) is 0 Å². The number of hydrogen-bond acceptors (Lipinski definition) is 4. The van der Waals surface area contributed by atoms with Crippen LogP contribution in [0.3, 0.4) is 0 Å². The van der Waals surface area contributed by atoms with Crippen molar-refractivity contribution >= 4 is 17.7 Å². The van der Waals surface area contributed by atoms with Crippen LogP contribution in [0.25, 0.3) is 0 Å². The number of aryl methyl sites for hydroxylation is 1. The maximum absolute atomic E-state index is 5.52. The molecule has 2 heterocycles. The number of aromatic nitrogens is 2. The lowest BCUT2D eigenvalue weighted by atomic mass is 9.99. The van der Waals surface area contributed by atoms with Crippen LogP contribution in [0.15, 0.2) is 17.3 Å². The monoisotopic (exact) mass is 325 g/mol. The zero-order chi connectivity index (χ0) is 15.8. The predicted molar refractivity (Wildman–Crippen MR) is 92.3 cm³/mol. The molecule has 0 atom stereocenters. The van der Waals surface area contributed by atoms with Crippen molar-refractivity contribution in [3.05, 3.63) is 18.0 Å². The number of hydrogen-bond donors (Lipinski definition) is 2. The number of thioether (sulfide) groups is 1. The highest BCUT2D eigenvalue weighted by atomic mass is 32.2. The fourth-order valence-electron chi connectivity index (χ4n) is 2.64. The Hall–Kier alpha value is -1.21. The van der Waals surface area contributed by atoms with Gasteiger partial charge in [-0.25, -0.2) is 0 Å². The van der Waals surface area contributed by atoms with Crippen molar-refractivity contribution in [3.63, 3.8) is 0 Å². The Morgan fingerprint density at radius 2 is 2.23 bits per heavy atom. The molecule has 0 saturated carbocycles. The minimum atomic E-state index is 0.261. The molecule has 0 aromatic carbocycles. The third kappa shape index (κ3) is 4.64. The second-order valence-electron chi connectivity index (χ2n) is 5.45. The van der Waals surface area contributed by atoms with Crippen molar-refractivity contribution in [1.82, 2.24) is 20.4 Å². The van der Waals surface area contributed by atoms with E-state index in [1.807, 2.05) is 42.8 Å². The van der Waals surface area contributed by atoms with Gasteiger partial charge in [0.15, 0.2) is 5.96 Å². The standard InChI is InChI=1S/C15H27N5OS/c1-4-22-15(6-9-21-10-7-15)12-18-14(16-2)17-11-13-5-8-19-20(13)3/h5,8H,4,6-7,9-12H2,1-3H3,(H2,16,17,18). The van der Waals surface area contributed by atoms with Gasteiger partial charge in [0.05, 0.1) is 12.2 Å². The summed E-state index contributed by atoms with van der Waals surface area (Å²) in [5.41, 5.74) is 1.13. The van der Waals surface area contributed by atoms with E-state index in [4.69, 9.17) is 4.74 Å². The van der Waals surface area contributed by atoms with E-state index < -0.39 is 0 Å². The number of nitrogens with zero attached hydrogens (tertiary/aromatic N) is 3. The zero-order valence-electron chi connectivity index (χ0n) is 13.8. The third-order valence-electron chi connectivity index (χ3n) is 4.02. The molecule has 1 fully saturated rings. The van der Waals surface area contributed by atoms with E-state index in [1.165, 1.54) is 0 Å². The number of nitrogens with one attached hydrogen (secondary N) is 2. The van der Waals surface area contributed by atoms with Gasteiger partial charge in [0, 0.05) is 44.8 Å². The first-order valence-corrected chi connectivity index (χ1v) is 8.81. The van der Waals surface area contributed by atoms with Gasteiger partial charge in [0.25, 0.3) is 0 Å². The molecule has 1 aliphatic heterocycles. The summed E-state index contributed by atoms with van der Waals surface area (Å²) in [5, 5.41) is 11.0. The van der Waals surface area contributed by atoms with E-state index in [1.54, 1.807) is 0 Å². The molecule has 1 aliphatic rings. The van der Waals surface area contributed by atoms with Gasteiger partial charge in [-0.05, 0) is 24.7 Å². The maximum atomic E-state index is 5.52. The second kappa shape index (κ2) is 8.43. The van der Waals surface area contributed by atoms with Crippen molar-refractivity contribution < 1.29 is 4.74 Å². The zero-order valence-corrected chi connectivity index (χ0v) is 14.6. The maximum Gasteiger partial charge on any atom is 0.191 e. The average molecular weight is 325 g/mol. The minimum absolute atomic E-state index is 0.261. The highest BCUT2D eigenvalue weighted by molar-refractivity contribution is 8.00. The molecule has 0 aliphatic carbocycles. The quantitative estimate of drug-likeness (QED) is 0.611. The molecule has 2 N–H and O–H groups in total. The Labute approximate surface area is 137 Å². The average Bonchev–Trinajstić information content (AvgIpc) is 2.94. The van der Waals surface area contributed by atoms with Crippen LogP contribution in [0.5, 0.6) is 0 Å². The van der Waals surface area contributed by atoms with Gasteiger partial charge >= 0.3 is 0 Å². The highest BCUT2D eigenvalue weighted by Crippen LogP contribution is 2.34. The molecular weight excluding hydrogens is 298 g/mol. The Morgan fingerprint density at radius 3 is 2.82 bits per heavy atom. The van der Waals surface area contributed by atoms with Crippen molar-refractivity contribution in [3.8, 4) is 0 Å². The first-order chi connectivity index (χ1) is 10.7. The Bertz CT molecular complexity index is 477. The molecular formula is C15H27N5OS. The summed E-state index contributed by atoms with van der Waals surface area (Å²) in [7, 11) is 3.75. The van der Waals surface area contributed by atoms with Crippen LogP contribution >= 0.6 is 11.8 Å². The Balaban J connectivity index is 1.85. The van der Waals surface area contributed by atoms with Crippen molar-refractivity contribution in [2.24, 2.45) is 12.0 Å². The summed E-state index contributed by atoms with van der Waals surface area (Å²) in [6, 6.07) is 2.01. The normalized spacial score (nSPS) is 18.2. The molecule has 1 aromatic heterocycles. The largest absolute Gasteiger partial charge is 0.381 e. The van der Waals surface area contributed by atoms with Crippen LogP contribution in [0, 0.1) is 0 Å². The molecule has 6 nitrogen and oxygen atoms in total. The smallest absolute Gasteiger partial charge is 0.191 e.